The first-order chi connectivity index (χ1) is 20.6. The van der Waals surface area contributed by atoms with E-state index in [-0.39, 0.29) is 17.9 Å². The summed E-state index contributed by atoms with van der Waals surface area (Å²) in [5, 5.41) is 3.19. The molecule has 3 aromatic rings. The summed E-state index contributed by atoms with van der Waals surface area (Å²) in [4.78, 5) is 35.0. The summed E-state index contributed by atoms with van der Waals surface area (Å²) in [6.07, 6.45) is 16.6. The fourth-order valence-electron chi connectivity index (χ4n) is 6.57. The second-order valence-electron chi connectivity index (χ2n) is 12.1. The van der Waals surface area contributed by atoms with Gasteiger partial charge >= 0.3 is 0 Å². The number of aromatic nitrogens is 1. The molecule has 0 radical (unpaired) electrons. The third kappa shape index (κ3) is 8.31. The SMILES string of the molecule is Cc1ccc(N(C(=O)c2ccco2)C2CCN(CCCc3ccccc3NC(=O)CCCC3CCCCC3)CC2)nc1. The molecule has 42 heavy (non-hydrogen) atoms. The number of hydrogen-bond acceptors (Lipinski definition) is 5. The number of benzene rings is 1. The highest BCUT2D eigenvalue weighted by molar-refractivity contribution is 6.04. The first kappa shape index (κ1) is 30.0. The van der Waals surface area contributed by atoms with Gasteiger partial charge in [-0.2, -0.15) is 0 Å². The zero-order chi connectivity index (χ0) is 29.1. The van der Waals surface area contributed by atoms with Crippen LogP contribution in [0.2, 0.25) is 0 Å². The Morgan fingerprint density at radius 3 is 2.52 bits per heavy atom. The van der Waals surface area contributed by atoms with Crippen molar-refractivity contribution in [2.75, 3.05) is 29.9 Å². The fourth-order valence-corrected chi connectivity index (χ4v) is 6.57. The van der Waals surface area contributed by atoms with Crippen molar-refractivity contribution >= 4 is 23.3 Å². The largest absolute Gasteiger partial charge is 0.459 e. The number of carbonyl (C=O) groups excluding carboxylic acids is 2. The molecule has 1 saturated heterocycles. The van der Waals surface area contributed by atoms with Crippen molar-refractivity contribution in [3.05, 3.63) is 77.9 Å². The third-order valence-corrected chi connectivity index (χ3v) is 8.97. The lowest BCUT2D eigenvalue weighted by Crippen LogP contribution is -2.48. The molecule has 0 bridgehead atoms. The summed E-state index contributed by atoms with van der Waals surface area (Å²) in [7, 11) is 0. The van der Waals surface area contributed by atoms with Crippen molar-refractivity contribution in [3.8, 4) is 0 Å². The lowest BCUT2D eigenvalue weighted by Gasteiger charge is -2.37. The standard InChI is InChI=1S/C35H46N4O3/c1-27-18-19-33(36-26-27)39(35(41)32-16-9-25-42-32)30-20-23-38(24-21-30)22-8-14-29-13-5-6-15-31(29)37-34(40)17-7-12-28-10-3-2-4-11-28/h5-6,9,13,15-16,18-19,25-26,28,30H,2-4,7-8,10-12,14,17,20-24H2,1H3,(H,37,40). The molecule has 0 spiro atoms. The van der Waals surface area contributed by atoms with Crippen LogP contribution < -0.4 is 10.2 Å². The van der Waals surface area contributed by atoms with E-state index >= 15 is 0 Å². The average Bonchev–Trinajstić information content (AvgIpc) is 3.56. The number of pyridine rings is 1. The summed E-state index contributed by atoms with van der Waals surface area (Å²) in [6, 6.07) is 15.7. The van der Waals surface area contributed by atoms with E-state index in [0.29, 0.717) is 18.0 Å². The number of carbonyl (C=O) groups is 2. The van der Waals surface area contributed by atoms with E-state index in [1.807, 2.05) is 42.3 Å². The molecule has 3 heterocycles. The minimum Gasteiger partial charge on any atom is -0.459 e. The number of amides is 2. The number of hydrogen-bond donors (Lipinski definition) is 1. The maximum atomic E-state index is 13.4. The molecule has 1 saturated carbocycles. The second kappa shape index (κ2) is 15.1. The van der Waals surface area contributed by atoms with Crippen molar-refractivity contribution in [3.63, 3.8) is 0 Å². The van der Waals surface area contributed by atoms with Gasteiger partial charge in [0.25, 0.3) is 5.91 Å². The summed E-state index contributed by atoms with van der Waals surface area (Å²) in [6.45, 7) is 4.85. The highest BCUT2D eigenvalue weighted by Crippen LogP contribution is 2.28. The van der Waals surface area contributed by atoms with Crippen LogP contribution in [0.25, 0.3) is 0 Å². The maximum absolute atomic E-state index is 13.4. The molecule has 2 amide bonds. The van der Waals surface area contributed by atoms with Crippen molar-refractivity contribution in [1.29, 1.82) is 0 Å². The summed E-state index contributed by atoms with van der Waals surface area (Å²) < 4.78 is 5.45. The Bertz CT molecular complexity index is 1260. The Hall–Kier alpha value is -3.45. The van der Waals surface area contributed by atoms with E-state index in [0.717, 1.165) is 68.9 Å². The molecule has 1 aliphatic heterocycles. The monoisotopic (exact) mass is 570 g/mol. The van der Waals surface area contributed by atoms with Gasteiger partial charge < -0.3 is 14.6 Å². The van der Waals surface area contributed by atoms with Gasteiger partial charge in [0.1, 0.15) is 5.82 Å². The number of likely N-dealkylation sites (tertiary alicyclic amines) is 1. The van der Waals surface area contributed by atoms with Gasteiger partial charge in [-0.25, -0.2) is 4.98 Å². The van der Waals surface area contributed by atoms with Crippen LogP contribution in [0.1, 0.15) is 92.3 Å². The van der Waals surface area contributed by atoms with Crippen LogP contribution in [0, 0.1) is 12.8 Å². The third-order valence-electron chi connectivity index (χ3n) is 8.97. The number of piperidine rings is 1. The van der Waals surface area contributed by atoms with E-state index in [2.05, 4.69) is 27.3 Å². The highest BCUT2D eigenvalue weighted by atomic mass is 16.3. The van der Waals surface area contributed by atoms with Crippen molar-refractivity contribution in [2.24, 2.45) is 5.92 Å². The molecule has 2 aliphatic rings. The van der Waals surface area contributed by atoms with E-state index in [1.54, 1.807) is 18.4 Å². The van der Waals surface area contributed by atoms with Crippen LogP contribution in [0.5, 0.6) is 0 Å². The van der Waals surface area contributed by atoms with Gasteiger partial charge in [-0.1, -0.05) is 56.4 Å². The van der Waals surface area contributed by atoms with E-state index < -0.39 is 0 Å². The van der Waals surface area contributed by atoms with Crippen LogP contribution in [-0.4, -0.2) is 47.4 Å². The molecule has 7 heteroatoms. The Labute approximate surface area is 250 Å². The quantitative estimate of drug-likeness (QED) is 0.245. The first-order valence-electron chi connectivity index (χ1n) is 16.0. The number of nitrogens with one attached hydrogen (secondary N) is 1. The first-order valence-corrected chi connectivity index (χ1v) is 16.0. The molecule has 2 aromatic heterocycles. The van der Waals surface area contributed by atoms with Gasteiger partial charge in [-0.3, -0.25) is 14.5 Å². The predicted molar refractivity (Wildman–Crippen MR) is 168 cm³/mol. The van der Waals surface area contributed by atoms with Crippen LogP contribution >= 0.6 is 0 Å². The van der Waals surface area contributed by atoms with E-state index in [4.69, 9.17) is 4.42 Å². The van der Waals surface area contributed by atoms with Crippen LogP contribution in [0.4, 0.5) is 11.5 Å². The molecule has 2 fully saturated rings. The minimum absolute atomic E-state index is 0.0723. The predicted octanol–water partition coefficient (Wildman–Crippen LogP) is 7.42. The topological polar surface area (TPSA) is 78.7 Å². The molecular formula is C35H46N4O3. The van der Waals surface area contributed by atoms with E-state index in [9.17, 15) is 9.59 Å². The zero-order valence-electron chi connectivity index (χ0n) is 25.1. The highest BCUT2D eigenvalue weighted by Gasteiger charge is 2.31. The number of para-hydroxylation sites is 1. The molecule has 1 N–H and O–H groups in total. The zero-order valence-corrected chi connectivity index (χ0v) is 25.1. The maximum Gasteiger partial charge on any atom is 0.295 e. The summed E-state index contributed by atoms with van der Waals surface area (Å²) in [5.74, 6) is 1.84. The lowest BCUT2D eigenvalue weighted by molar-refractivity contribution is -0.116. The smallest absolute Gasteiger partial charge is 0.295 e. The Morgan fingerprint density at radius 2 is 1.79 bits per heavy atom. The molecule has 5 rings (SSSR count). The van der Waals surface area contributed by atoms with Gasteiger partial charge in [0.2, 0.25) is 5.91 Å². The summed E-state index contributed by atoms with van der Waals surface area (Å²) in [5.41, 5.74) is 3.22. The summed E-state index contributed by atoms with van der Waals surface area (Å²) >= 11 is 0. The lowest BCUT2D eigenvalue weighted by atomic mass is 9.86. The molecular weight excluding hydrogens is 524 g/mol. The number of anilines is 2. The Morgan fingerprint density at radius 1 is 0.976 bits per heavy atom. The number of nitrogens with zero attached hydrogens (tertiary/aromatic N) is 3. The molecule has 1 aliphatic carbocycles. The van der Waals surface area contributed by atoms with Gasteiger partial charge in [-0.05, 0) is 93.3 Å². The van der Waals surface area contributed by atoms with Gasteiger partial charge in [-0.15, -0.1) is 0 Å². The van der Waals surface area contributed by atoms with Crippen LogP contribution in [0.15, 0.2) is 65.4 Å². The van der Waals surface area contributed by atoms with Crippen LogP contribution in [0.3, 0.4) is 0 Å². The fraction of sp³-hybridized carbons (Fsp3) is 0.514. The van der Waals surface area contributed by atoms with Crippen molar-refractivity contribution in [1.82, 2.24) is 9.88 Å². The number of aryl methyl sites for hydroxylation is 2. The second-order valence-corrected chi connectivity index (χ2v) is 12.1. The molecule has 7 nitrogen and oxygen atoms in total. The Balaban J connectivity index is 1.08. The van der Waals surface area contributed by atoms with Gasteiger partial charge in [0.15, 0.2) is 5.76 Å². The van der Waals surface area contributed by atoms with Gasteiger partial charge in [0, 0.05) is 37.4 Å². The minimum atomic E-state index is -0.137. The van der Waals surface area contributed by atoms with Crippen LogP contribution in [-0.2, 0) is 11.2 Å². The number of rotatable bonds is 12. The molecule has 0 atom stereocenters. The van der Waals surface area contributed by atoms with E-state index in [1.165, 1.54) is 44.1 Å². The van der Waals surface area contributed by atoms with Gasteiger partial charge in [0.05, 0.1) is 6.26 Å². The average molecular weight is 571 g/mol. The molecule has 224 valence electrons. The normalized spacial score (nSPS) is 16.8. The van der Waals surface area contributed by atoms with Crippen molar-refractivity contribution in [2.45, 2.75) is 90.0 Å². The Kier molecular flexibility index (Phi) is 10.8. The molecule has 0 unspecified atom stereocenters. The molecule has 1 aromatic carbocycles. The van der Waals surface area contributed by atoms with Crippen molar-refractivity contribution < 1.29 is 14.0 Å². The number of furan rings is 1.